The number of hydrogen-bond donors (Lipinski definition) is 0. The van der Waals surface area contributed by atoms with E-state index >= 15 is 0 Å². The van der Waals surface area contributed by atoms with E-state index in [9.17, 15) is 8.42 Å². The Morgan fingerprint density at radius 2 is 2.05 bits per heavy atom. The lowest BCUT2D eigenvalue weighted by Crippen LogP contribution is -2.41. The summed E-state index contributed by atoms with van der Waals surface area (Å²) in [6.07, 6.45) is 1.93. The van der Waals surface area contributed by atoms with E-state index in [4.69, 9.17) is 4.74 Å². The SMILES string of the molecule is CCOCC1CCCN(S(=O)(=O)c2ccc(Br)cc2)C1. The number of nitrogens with zero attached hydrogens (tertiary/aromatic N) is 1. The lowest BCUT2D eigenvalue weighted by molar-refractivity contribution is 0.0864. The van der Waals surface area contributed by atoms with Crippen LogP contribution in [0.2, 0.25) is 0 Å². The quantitative estimate of drug-likeness (QED) is 0.809. The Hall–Kier alpha value is -0.430. The summed E-state index contributed by atoms with van der Waals surface area (Å²) >= 11 is 3.32. The van der Waals surface area contributed by atoms with Crippen LogP contribution >= 0.6 is 15.9 Å². The molecule has 4 nitrogen and oxygen atoms in total. The minimum Gasteiger partial charge on any atom is -0.381 e. The van der Waals surface area contributed by atoms with E-state index in [0.29, 0.717) is 37.1 Å². The van der Waals surface area contributed by atoms with Crippen molar-refractivity contribution in [3.63, 3.8) is 0 Å². The average Bonchev–Trinajstić information content (AvgIpc) is 2.46. The van der Waals surface area contributed by atoms with Crippen molar-refractivity contribution in [1.82, 2.24) is 4.31 Å². The molecule has 2 rings (SSSR count). The van der Waals surface area contributed by atoms with Gasteiger partial charge in [-0.3, -0.25) is 0 Å². The van der Waals surface area contributed by atoms with Crippen molar-refractivity contribution in [1.29, 1.82) is 0 Å². The van der Waals surface area contributed by atoms with Gasteiger partial charge in [0.2, 0.25) is 10.0 Å². The van der Waals surface area contributed by atoms with Crippen molar-refractivity contribution in [2.45, 2.75) is 24.7 Å². The zero-order valence-corrected chi connectivity index (χ0v) is 14.0. The molecule has 1 aromatic rings. The molecular formula is C14H20BrNO3S. The van der Waals surface area contributed by atoms with Gasteiger partial charge >= 0.3 is 0 Å². The fourth-order valence-corrected chi connectivity index (χ4v) is 4.24. The first kappa shape index (κ1) is 15.9. The minimum atomic E-state index is -3.38. The number of halogens is 1. The van der Waals surface area contributed by atoms with E-state index in [1.807, 2.05) is 6.92 Å². The summed E-state index contributed by atoms with van der Waals surface area (Å²) < 4.78 is 33.1. The van der Waals surface area contributed by atoms with Crippen LogP contribution in [0.3, 0.4) is 0 Å². The number of sulfonamides is 1. The van der Waals surface area contributed by atoms with Crippen LogP contribution in [0.15, 0.2) is 33.6 Å². The Bertz CT molecular complexity index is 530. The highest BCUT2D eigenvalue weighted by Gasteiger charge is 2.30. The van der Waals surface area contributed by atoms with Crippen molar-refractivity contribution in [3.05, 3.63) is 28.7 Å². The molecule has 1 aliphatic rings. The number of hydrogen-bond acceptors (Lipinski definition) is 3. The van der Waals surface area contributed by atoms with Crippen molar-refractivity contribution >= 4 is 26.0 Å². The predicted molar refractivity (Wildman–Crippen MR) is 82.1 cm³/mol. The Balaban J connectivity index is 2.10. The number of ether oxygens (including phenoxy) is 1. The molecule has 0 radical (unpaired) electrons. The van der Waals surface area contributed by atoms with E-state index in [1.54, 1.807) is 28.6 Å². The van der Waals surface area contributed by atoms with Gasteiger partial charge < -0.3 is 4.74 Å². The first-order valence-electron chi connectivity index (χ1n) is 6.87. The molecule has 1 fully saturated rings. The summed E-state index contributed by atoms with van der Waals surface area (Å²) in [5.41, 5.74) is 0. The van der Waals surface area contributed by atoms with E-state index < -0.39 is 10.0 Å². The second-order valence-corrected chi connectivity index (χ2v) is 7.84. The minimum absolute atomic E-state index is 0.300. The topological polar surface area (TPSA) is 46.6 Å². The van der Waals surface area contributed by atoms with Crippen LogP contribution in [0.25, 0.3) is 0 Å². The molecule has 1 unspecified atom stereocenters. The van der Waals surface area contributed by atoms with Gasteiger partial charge in [0.25, 0.3) is 0 Å². The van der Waals surface area contributed by atoms with Crippen molar-refractivity contribution in [2.24, 2.45) is 5.92 Å². The van der Waals surface area contributed by atoms with Crippen molar-refractivity contribution in [2.75, 3.05) is 26.3 Å². The number of benzene rings is 1. The summed E-state index contributed by atoms with van der Waals surface area (Å²) in [5.74, 6) is 0.300. The molecule has 0 bridgehead atoms. The Morgan fingerprint density at radius 3 is 2.70 bits per heavy atom. The molecule has 6 heteroatoms. The third-order valence-electron chi connectivity index (χ3n) is 3.49. The maximum Gasteiger partial charge on any atom is 0.243 e. The van der Waals surface area contributed by atoms with Crippen LogP contribution in [0, 0.1) is 5.92 Å². The van der Waals surface area contributed by atoms with Gasteiger partial charge in [0.1, 0.15) is 0 Å². The summed E-state index contributed by atoms with van der Waals surface area (Å²) in [5, 5.41) is 0. The highest BCUT2D eigenvalue weighted by Crippen LogP contribution is 2.24. The first-order chi connectivity index (χ1) is 9.54. The van der Waals surface area contributed by atoms with Gasteiger partial charge in [0, 0.05) is 24.2 Å². The molecule has 0 aliphatic carbocycles. The summed E-state index contributed by atoms with van der Waals surface area (Å²) in [6, 6.07) is 6.81. The summed E-state index contributed by atoms with van der Waals surface area (Å²) in [4.78, 5) is 0.359. The largest absolute Gasteiger partial charge is 0.381 e. The lowest BCUT2D eigenvalue weighted by Gasteiger charge is -2.31. The summed E-state index contributed by atoms with van der Waals surface area (Å²) in [7, 11) is -3.38. The third-order valence-corrected chi connectivity index (χ3v) is 5.90. The molecular weight excluding hydrogens is 342 g/mol. The normalized spacial score (nSPS) is 21.0. The lowest BCUT2D eigenvalue weighted by atomic mass is 10.0. The van der Waals surface area contributed by atoms with Gasteiger partial charge in [-0.2, -0.15) is 4.31 Å². The molecule has 1 saturated heterocycles. The highest BCUT2D eigenvalue weighted by molar-refractivity contribution is 9.10. The van der Waals surface area contributed by atoms with Crippen LogP contribution in [-0.4, -0.2) is 39.0 Å². The first-order valence-corrected chi connectivity index (χ1v) is 9.11. The van der Waals surface area contributed by atoms with Crippen LogP contribution < -0.4 is 0 Å². The fraction of sp³-hybridized carbons (Fsp3) is 0.571. The zero-order chi connectivity index (χ0) is 14.6. The second kappa shape index (κ2) is 7.02. The van der Waals surface area contributed by atoms with Gasteiger partial charge in [-0.25, -0.2) is 8.42 Å². The van der Waals surface area contributed by atoms with E-state index in [2.05, 4.69) is 15.9 Å². The van der Waals surface area contributed by atoms with Gasteiger partial charge in [-0.15, -0.1) is 0 Å². The smallest absolute Gasteiger partial charge is 0.243 e. The van der Waals surface area contributed by atoms with E-state index in [0.717, 1.165) is 17.3 Å². The van der Waals surface area contributed by atoms with Gasteiger partial charge in [0.15, 0.2) is 0 Å². The third kappa shape index (κ3) is 3.81. The average molecular weight is 362 g/mol. The molecule has 20 heavy (non-hydrogen) atoms. The van der Waals surface area contributed by atoms with E-state index in [1.165, 1.54) is 0 Å². The maximum atomic E-state index is 12.6. The fourth-order valence-electron chi connectivity index (χ4n) is 2.42. The maximum absolute atomic E-state index is 12.6. The molecule has 1 aliphatic heterocycles. The van der Waals surface area contributed by atoms with Crippen LogP contribution in [0.4, 0.5) is 0 Å². The molecule has 0 N–H and O–H groups in total. The Kier molecular flexibility index (Phi) is 5.60. The molecule has 1 heterocycles. The van der Waals surface area contributed by atoms with Crippen LogP contribution in [0.5, 0.6) is 0 Å². The molecule has 0 spiro atoms. The van der Waals surface area contributed by atoms with Crippen molar-refractivity contribution in [3.8, 4) is 0 Å². The number of piperidine rings is 1. The monoisotopic (exact) mass is 361 g/mol. The second-order valence-electron chi connectivity index (χ2n) is 4.98. The van der Waals surface area contributed by atoms with Crippen molar-refractivity contribution < 1.29 is 13.2 Å². The Morgan fingerprint density at radius 1 is 1.35 bits per heavy atom. The molecule has 0 aromatic heterocycles. The van der Waals surface area contributed by atoms with Gasteiger partial charge in [-0.1, -0.05) is 15.9 Å². The van der Waals surface area contributed by atoms with E-state index in [-0.39, 0.29) is 0 Å². The molecule has 0 saturated carbocycles. The molecule has 112 valence electrons. The molecule has 1 atom stereocenters. The molecule has 0 amide bonds. The molecule has 1 aromatic carbocycles. The standard InChI is InChI=1S/C14H20BrNO3S/c1-2-19-11-12-4-3-9-16(10-12)20(17,18)14-7-5-13(15)6-8-14/h5-8,12H,2-4,9-11H2,1H3. The summed E-state index contributed by atoms with van der Waals surface area (Å²) in [6.45, 7) is 4.43. The van der Waals surface area contributed by atoms with Gasteiger partial charge in [0.05, 0.1) is 11.5 Å². The predicted octanol–water partition coefficient (Wildman–Crippen LogP) is 2.89. The zero-order valence-electron chi connectivity index (χ0n) is 11.6. The highest BCUT2D eigenvalue weighted by atomic mass is 79.9. The van der Waals surface area contributed by atoms with Crippen LogP contribution in [0.1, 0.15) is 19.8 Å². The van der Waals surface area contributed by atoms with Crippen LogP contribution in [-0.2, 0) is 14.8 Å². The number of rotatable bonds is 5. The van der Waals surface area contributed by atoms with Gasteiger partial charge in [-0.05, 0) is 49.9 Å². The Labute approximate surface area is 129 Å².